The van der Waals surface area contributed by atoms with Gasteiger partial charge < -0.3 is 10.3 Å². The van der Waals surface area contributed by atoms with E-state index in [1.54, 1.807) is 0 Å². The molecule has 1 fully saturated rings. The van der Waals surface area contributed by atoms with Gasteiger partial charge >= 0.3 is 0 Å². The quantitative estimate of drug-likeness (QED) is 0.879. The zero-order chi connectivity index (χ0) is 13.1. The molecule has 0 spiro atoms. The summed E-state index contributed by atoms with van der Waals surface area (Å²) in [5.41, 5.74) is 8.41. The Morgan fingerprint density at radius 3 is 2.74 bits per heavy atom. The smallest absolute Gasteiger partial charge is 0.0483 e. The van der Waals surface area contributed by atoms with Crippen molar-refractivity contribution >= 4 is 10.9 Å². The van der Waals surface area contributed by atoms with Crippen molar-refractivity contribution in [3.63, 3.8) is 0 Å². The number of aryl methyl sites for hydroxylation is 1. The fourth-order valence-electron chi connectivity index (χ4n) is 3.35. The second-order valence-corrected chi connectivity index (χ2v) is 5.80. The maximum Gasteiger partial charge on any atom is 0.0483 e. The minimum atomic E-state index is 0.723. The van der Waals surface area contributed by atoms with Gasteiger partial charge in [0.15, 0.2) is 0 Å². The fourth-order valence-corrected chi connectivity index (χ4v) is 3.35. The van der Waals surface area contributed by atoms with Gasteiger partial charge in [-0.2, -0.15) is 0 Å². The number of rotatable bonds is 4. The monoisotopic (exact) mass is 256 g/mol. The van der Waals surface area contributed by atoms with Crippen molar-refractivity contribution in [2.75, 3.05) is 6.54 Å². The van der Waals surface area contributed by atoms with Gasteiger partial charge in [-0.05, 0) is 61.4 Å². The van der Waals surface area contributed by atoms with Gasteiger partial charge in [0.2, 0.25) is 0 Å². The first-order valence-corrected chi connectivity index (χ1v) is 7.68. The van der Waals surface area contributed by atoms with E-state index in [1.165, 1.54) is 48.6 Å². The van der Waals surface area contributed by atoms with Gasteiger partial charge in [-0.3, -0.25) is 0 Å². The molecule has 0 amide bonds. The molecule has 0 aliphatic heterocycles. The van der Waals surface area contributed by atoms with Crippen LogP contribution < -0.4 is 5.73 Å². The lowest BCUT2D eigenvalue weighted by Crippen LogP contribution is -2.11. The topological polar surface area (TPSA) is 30.9 Å². The van der Waals surface area contributed by atoms with Crippen LogP contribution >= 0.6 is 0 Å². The van der Waals surface area contributed by atoms with Crippen molar-refractivity contribution in [1.29, 1.82) is 0 Å². The van der Waals surface area contributed by atoms with Crippen LogP contribution in [0.2, 0.25) is 0 Å². The third kappa shape index (κ3) is 2.69. The molecule has 1 saturated carbocycles. The molecule has 1 aliphatic carbocycles. The standard InChI is InChI=1S/C17H24N2/c18-11-4-5-14-8-9-17-15(13-14)10-12-19(17)16-6-2-1-3-7-16/h8-10,12-13,16H,1-7,11,18H2. The summed E-state index contributed by atoms with van der Waals surface area (Å²) >= 11 is 0. The fraction of sp³-hybridized carbons (Fsp3) is 0.529. The van der Waals surface area contributed by atoms with Crippen molar-refractivity contribution in [1.82, 2.24) is 4.57 Å². The van der Waals surface area contributed by atoms with E-state index in [0.29, 0.717) is 0 Å². The largest absolute Gasteiger partial charge is 0.344 e. The lowest BCUT2D eigenvalue weighted by atomic mass is 9.95. The van der Waals surface area contributed by atoms with Gasteiger partial charge in [0, 0.05) is 17.8 Å². The van der Waals surface area contributed by atoms with Gasteiger partial charge in [-0.1, -0.05) is 25.3 Å². The number of fused-ring (bicyclic) bond motifs is 1. The van der Waals surface area contributed by atoms with Crippen molar-refractivity contribution in [2.24, 2.45) is 5.73 Å². The first-order chi connectivity index (χ1) is 9.38. The predicted molar refractivity (Wildman–Crippen MR) is 81.4 cm³/mol. The molecule has 19 heavy (non-hydrogen) atoms. The molecule has 0 radical (unpaired) electrons. The van der Waals surface area contributed by atoms with E-state index in [0.717, 1.165) is 25.4 Å². The molecule has 0 unspecified atom stereocenters. The molecule has 3 rings (SSSR count). The van der Waals surface area contributed by atoms with Crippen LogP contribution in [0.3, 0.4) is 0 Å². The molecule has 2 N–H and O–H groups in total. The summed E-state index contributed by atoms with van der Waals surface area (Å²) in [5.74, 6) is 0. The minimum Gasteiger partial charge on any atom is -0.344 e. The van der Waals surface area contributed by atoms with Crippen LogP contribution in [-0.4, -0.2) is 11.1 Å². The Balaban J connectivity index is 1.86. The van der Waals surface area contributed by atoms with Crippen LogP contribution in [0, 0.1) is 0 Å². The molecule has 0 bridgehead atoms. The summed E-state index contributed by atoms with van der Waals surface area (Å²) < 4.78 is 2.50. The van der Waals surface area contributed by atoms with Crippen LogP contribution in [0.4, 0.5) is 0 Å². The Hall–Kier alpha value is -1.28. The minimum absolute atomic E-state index is 0.723. The Morgan fingerprint density at radius 1 is 1.11 bits per heavy atom. The van der Waals surface area contributed by atoms with Gasteiger partial charge in [-0.25, -0.2) is 0 Å². The van der Waals surface area contributed by atoms with E-state index < -0.39 is 0 Å². The second kappa shape index (κ2) is 5.79. The van der Waals surface area contributed by atoms with E-state index in [4.69, 9.17) is 5.73 Å². The molecule has 1 heterocycles. The maximum atomic E-state index is 5.59. The summed E-state index contributed by atoms with van der Waals surface area (Å²) in [6.07, 6.45) is 11.3. The number of hydrogen-bond donors (Lipinski definition) is 1. The molecule has 0 saturated heterocycles. The zero-order valence-corrected chi connectivity index (χ0v) is 11.6. The van der Waals surface area contributed by atoms with E-state index in [1.807, 2.05) is 0 Å². The molecule has 1 aromatic heterocycles. The first-order valence-electron chi connectivity index (χ1n) is 7.68. The van der Waals surface area contributed by atoms with Crippen LogP contribution in [0.1, 0.15) is 50.1 Å². The Bertz CT molecular complexity index is 535. The number of benzene rings is 1. The van der Waals surface area contributed by atoms with E-state index in [9.17, 15) is 0 Å². The van der Waals surface area contributed by atoms with E-state index in [2.05, 4.69) is 35.0 Å². The van der Waals surface area contributed by atoms with Crippen molar-refractivity contribution in [3.05, 3.63) is 36.0 Å². The summed E-state index contributed by atoms with van der Waals surface area (Å²) in [5, 5.41) is 1.39. The van der Waals surface area contributed by atoms with Crippen LogP contribution in [0.5, 0.6) is 0 Å². The highest BCUT2D eigenvalue weighted by atomic mass is 15.0. The number of nitrogens with two attached hydrogens (primary N) is 1. The Kier molecular flexibility index (Phi) is 3.88. The summed E-state index contributed by atoms with van der Waals surface area (Å²) in [6, 6.07) is 9.91. The van der Waals surface area contributed by atoms with E-state index >= 15 is 0 Å². The molecule has 2 aromatic rings. The molecular formula is C17H24N2. The number of aromatic nitrogens is 1. The summed E-state index contributed by atoms with van der Waals surface area (Å²) in [7, 11) is 0. The zero-order valence-electron chi connectivity index (χ0n) is 11.6. The van der Waals surface area contributed by atoms with Crippen LogP contribution in [0.15, 0.2) is 30.5 Å². The molecule has 0 atom stereocenters. The molecular weight excluding hydrogens is 232 g/mol. The summed E-state index contributed by atoms with van der Waals surface area (Å²) in [6.45, 7) is 0.779. The summed E-state index contributed by atoms with van der Waals surface area (Å²) in [4.78, 5) is 0. The highest BCUT2D eigenvalue weighted by molar-refractivity contribution is 5.81. The van der Waals surface area contributed by atoms with Crippen LogP contribution in [-0.2, 0) is 6.42 Å². The number of hydrogen-bond acceptors (Lipinski definition) is 1. The third-order valence-corrected chi connectivity index (χ3v) is 4.42. The van der Waals surface area contributed by atoms with Crippen molar-refractivity contribution in [2.45, 2.75) is 51.0 Å². The van der Waals surface area contributed by atoms with Crippen molar-refractivity contribution < 1.29 is 0 Å². The molecule has 2 heteroatoms. The van der Waals surface area contributed by atoms with Gasteiger partial charge in [0.1, 0.15) is 0 Å². The SMILES string of the molecule is NCCCc1ccc2c(ccn2C2CCCCC2)c1. The molecule has 2 nitrogen and oxygen atoms in total. The lowest BCUT2D eigenvalue weighted by molar-refractivity contribution is 0.361. The average molecular weight is 256 g/mol. The number of nitrogens with zero attached hydrogens (tertiary/aromatic N) is 1. The Morgan fingerprint density at radius 2 is 1.95 bits per heavy atom. The molecule has 102 valence electrons. The highest BCUT2D eigenvalue weighted by Gasteiger charge is 2.16. The van der Waals surface area contributed by atoms with Gasteiger partial charge in [0.25, 0.3) is 0 Å². The van der Waals surface area contributed by atoms with Crippen LogP contribution in [0.25, 0.3) is 10.9 Å². The normalized spacial score (nSPS) is 17.1. The van der Waals surface area contributed by atoms with Gasteiger partial charge in [-0.15, -0.1) is 0 Å². The maximum absolute atomic E-state index is 5.59. The Labute approximate surface area is 115 Å². The molecule has 1 aromatic carbocycles. The lowest BCUT2D eigenvalue weighted by Gasteiger charge is -2.24. The van der Waals surface area contributed by atoms with Crippen molar-refractivity contribution in [3.8, 4) is 0 Å². The second-order valence-electron chi connectivity index (χ2n) is 5.80. The van der Waals surface area contributed by atoms with E-state index in [-0.39, 0.29) is 0 Å². The van der Waals surface area contributed by atoms with Gasteiger partial charge in [0.05, 0.1) is 0 Å². The average Bonchev–Trinajstić information content (AvgIpc) is 2.89. The predicted octanol–water partition coefficient (Wildman–Crippen LogP) is 4.04. The third-order valence-electron chi connectivity index (χ3n) is 4.42. The highest BCUT2D eigenvalue weighted by Crippen LogP contribution is 2.31. The first kappa shape index (κ1) is 12.7. The molecule has 1 aliphatic rings.